The highest BCUT2D eigenvalue weighted by molar-refractivity contribution is 5.94. The summed E-state index contributed by atoms with van der Waals surface area (Å²) < 4.78 is 95.3. The average Bonchev–Trinajstić information content (AvgIpc) is 3.23. The Morgan fingerprint density at radius 2 is 1.66 bits per heavy atom. The molecule has 4 rings (SSSR count). The maximum Gasteiger partial charge on any atom is 0.490 e. The highest BCUT2D eigenvalue weighted by Crippen LogP contribution is 2.49. The van der Waals surface area contributed by atoms with Crippen LogP contribution < -0.4 is 14.8 Å². The first-order chi connectivity index (χ1) is 19.0. The van der Waals surface area contributed by atoms with Gasteiger partial charge >= 0.3 is 18.3 Å². The average molecular weight is 595 g/mol. The van der Waals surface area contributed by atoms with E-state index in [1.807, 2.05) is 12.1 Å². The minimum absolute atomic E-state index is 0.116. The fourth-order valence-corrected chi connectivity index (χ4v) is 5.59. The maximum atomic E-state index is 14.3. The van der Waals surface area contributed by atoms with E-state index in [-0.39, 0.29) is 22.9 Å². The molecule has 2 N–H and O–H groups in total. The lowest BCUT2D eigenvalue weighted by molar-refractivity contribution is -0.192. The Bertz CT molecular complexity index is 1270. The van der Waals surface area contributed by atoms with Crippen LogP contribution in [0.5, 0.6) is 11.5 Å². The first-order valence-corrected chi connectivity index (χ1v) is 12.4. The Hall–Kier alpha value is -3.55. The van der Waals surface area contributed by atoms with Crippen LogP contribution in [0.4, 0.5) is 30.7 Å². The lowest BCUT2D eigenvalue weighted by Gasteiger charge is -2.43. The first-order valence-electron chi connectivity index (χ1n) is 12.4. The van der Waals surface area contributed by atoms with Crippen LogP contribution in [0.15, 0.2) is 36.4 Å². The third-order valence-electron chi connectivity index (χ3n) is 7.45. The summed E-state index contributed by atoms with van der Waals surface area (Å²) in [5.74, 6) is -3.06. The maximum absolute atomic E-state index is 14.3. The van der Waals surface area contributed by atoms with Gasteiger partial charge in [0.25, 0.3) is 5.91 Å². The van der Waals surface area contributed by atoms with E-state index in [0.717, 1.165) is 37.2 Å². The molecule has 7 nitrogen and oxygen atoms in total. The van der Waals surface area contributed by atoms with Gasteiger partial charge in [-0.3, -0.25) is 4.79 Å². The largest absolute Gasteiger partial charge is 0.493 e. The van der Waals surface area contributed by atoms with E-state index >= 15 is 0 Å². The van der Waals surface area contributed by atoms with E-state index in [2.05, 4.69) is 23.3 Å². The fourth-order valence-electron chi connectivity index (χ4n) is 5.59. The number of fused-ring (bicyclic) bond motifs is 1. The van der Waals surface area contributed by atoms with Crippen molar-refractivity contribution in [2.75, 3.05) is 34.4 Å². The summed E-state index contributed by atoms with van der Waals surface area (Å²) in [6.07, 6.45) is -7.58. The molecule has 2 aromatic carbocycles. The summed E-state index contributed by atoms with van der Waals surface area (Å²) >= 11 is 0. The smallest absolute Gasteiger partial charge is 0.490 e. The Balaban J connectivity index is 0.000000587. The number of likely N-dealkylation sites (tertiary alicyclic amines) is 1. The van der Waals surface area contributed by atoms with E-state index in [4.69, 9.17) is 19.4 Å². The van der Waals surface area contributed by atoms with E-state index in [1.54, 1.807) is 14.2 Å². The zero-order valence-corrected chi connectivity index (χ0v) is 22.3. The summed E-state index contributed by atoms with van der Waals surface area (Å²) in [6.45, 7) is 1.71. The van der Waals surface area contributed by atoms with Gasteiger partial charge in [0.2, 0.25) is 0 Å². The number of benzene rings is 2. The predicted octanol–water partition coefficient (Wildman–Crippen LogP) is 5.28. The molecular formula is C27H29F7N2O5. The number of amides is 1. The predicted molar refractivity (Wildman–Crippen MR) is 132 cm³/mol. The summed E-state index contributed by atoms with van der Waals surface area (Å²) in [5, 5.41) is 9.97. The first kappa shape index (κ1) is 32.0. The van der Waals surface area contributed by atoms with Crippen LogP contribution in [0, 0.1) is 11.7 Å². The number of halogens is 7. The zero-order chi connectivity index (χ0) is 30.8. The van der Waals surface area contributed by atoms with E-state index in [1.165, 1.54) is 0 Å². The van der Waals surface area contributed by atoms with Gasteiger partial charge in [0.05, 0.1) is 25.3 Å². The molecule has 0 spiro atoms. The van der Waals surface area contributed by atoms with Crippen LogP contribution in [0.2, 0.25) is 0 Å². The highest BCUT2D eigenvalue weighted by Gasteiger charge is 2.50. The highest BCUT2D eigenvalue weighted by atomic mass is 19.4. The van der Waals surface area contributed by atoms with Crippen molar-refractivity contribution < 1.29 is 54.9 Å². The van der Waals surface area contributed by atoms with Crippen molar-refractivity contribution in [2.45, 2.75) is 43.1 Å². The van der Waals surface area contributed by atoms with Crippen molar-refractivity contribution in [1.29, 1.82) is 0 Å². The Kier molecular flexibility index (Phi) is 9.46. The van der Waals surface area contributed by atoms with Gasteiger partial charge < -0.3 is 24.8 Å². The number of hydrogen-bond acceptors (Lipinski definition) is 5. The number of likely N-dealkylation sites (N-methyl/N-ethyl adjacent to an activating group) is 1. The number of nitrogens with zero attached hydrogens (tertiary/aromatic N) is 1. The molecule has 2 aromatic rings. The van der Waals surface area contributed by atoms with Crippen molar-refractivity contribution in [2.24, 2.45) is 5.92 Å². The van der Waals surface area contributed by atoms with E-state index in [9.17, 15) is 35.5 Å². The van der Waals surface area contributed by atoms with Gasteiger partial charge in [-0.05, 0) is 68.1 Å². The molecule has 1 aliphatic heterocycles. The summed E-state index contributed by atoms with van der Waals surface area (Å²) in [6, 6.07) is 7.77. The monoisotopic (exact) mass is 594 g/mol. The molecule has 2 fully saturated rings. The van der Waals surface area contributed by atoms with Gasteiger partial charge in [0.1, 0.15) is 5.82 Å². The molecule has 3 atom stereocenters. The molecule has 14 heteroatoms. The van der Waals surface area contributed by atoms with Crippen LogP contribution in [0.1, 0.15) is 40.7 Å². The Morgan fingerprint density at radius 1 is 1.02 bits per heavy atom. The lowest BCUT2D eigenvalue weighted by Crippen LogP contribution is -2.47. The standard InChI is InChI=1S/C25H28F4N2O3.C2HF3O2/c1-31-13-17-10-18(30-23(32)19-6-4-16(11-20(19)26)25(27,28)29)8-9-24(17,14-31)15-5-7-21(33-2)22(12-15)34-3;3-2(4,5)1(6)7/h4-7,11-12,17-18H,8-10,13-14H2,1-3H3,(H,30,32);(H,6,7)/t17-,18-,24+;/m1./s1. The van der Waals surface area contributed by atoms with Crippen molar-refractivity contribution in [3.8, 4) is 11.5 Å². The van der Waals surface area contributed by atoms with Gasteiger partial charge in [0.15, 0.2) is 11.5 Å². The Morgan fingerprint density at radius 3 is 2.20 bits per heavy atom. The third kappa shape index (κ3) is 7.21. The molecule has 1 saturated heterocycles. The number of carbonyl (C=O) groups excluding carboxylic acids is 1. The topological polar surface area (TPSA) is 88.1 Å². The molecule has 0 unspecified atom stereocenters. The molecular weight excluding hydrogens is 565 g/mol. The Labute approximate surface area is 231 Å². The molecule has 1 amide bonds. The van der Waals surface area contributed by atoms with Crippen molar-refractivity contribution in [3.63, 3.8) is 0 Å². The van der Waals surface area contributed by atoms with Crippen LogP contribution in [0.3, 0.4) is 0 Å². The van der Waals surface area contributed by atoms with Crippen molar-refractivity contribution >= 4 is 11.9 Å². The molecule has 41 heavy (non-hydrogen) atoms. The van der Waals surface area contributed by atoms with Crippen LogP contribution in [0.25, 0.3) is 0 Å². The summed E-state index contributed by atoms with van der Waals surface area (Å²) in [5.41, 5.74) is -0.464. The summed E-state index contributed by atoms with van der Waals surface area (Å²) in [4.78, 5) is 23.8. The number of rotatable bonds is 5. The minimum atomic E-state index is -5.08. The van der Waals surface area contributed by atoms with Gasteiger partial charge in [-0.1, -0.05) is 6.07 Å². The number of aliphatic carboxylic acids is 1. The van der Waals surface area contributed by atoms with E-state index < -0.39 is 35.6 Å². The number of carboxylic acid groups (broad SMARTS) is 1. The summed E-state index contributed by atoms with van der Waals surface area (Å²) in [7, 11) is 5.26. The molecule has 0 radical (unpaired) electrons. The second-order valence-electron chi connectivity index (χ2n) is 10.1. The van der Waals surface area contributed by atoms with Gasteiger partial charge in [0, 0.05) is 24.5 Å². The molecule has 1 saturated carbocycles. The third-order valence-corrected chi connectivity index (χ3v) is 7.45. The lowest BCUT2D eigenvalue weighted by atomic mass is 9.63. The molecule has 1 aliphatic carbocycles. The van der Waals surface area contributed by atoms with Gasteiger partial charge in [-0.25, -0.2) is 9.18 Å². The normalized spacial score (nSPS) is 22.7. The second kappa shape index (κ2) is 12.1. The van der Waals surface area contributed by atoms with Gasteiger partial charge in [-0.2, -0.15) is 26.3 Å². The molecule has 1 heterocycles. The SMILES string of the molecule is COc1ccc([C@@]23CC[C@@H](NC(=O)c4ccc(C(F)(F)F)cc4F)C[C@@H]2CN(C)C3)cc1OC.O=C(O)C(F)(F)F. The van der Waals surface area contributed by atoms with Crippen LogP contribution in [-0.2, 0) is 16.4 Å². The van der Waals surface area contributed by atoms with Crippen LogP contribution >= 0.6 is 0 Å². The number of alkyl halides is 6. The second-order valence-corrected chi connectivity index (χ2v) is 10.1. The number of ether oxygens (including phenoxy) is 2. The van der Waals surface area contributed by atoms with Gasteiger partial charge in [-0.15, -0.1) is 0 Å². The quantitative estimate of drug-likeness (QED) is 0.459. The zero-order valence-electron chi connectivity index (χ0n) is 22.3. The van der Waals surface area contributed by atoms with Crippen molar-refractivity contribution in [1.82, 2.24) is 10.2 Å². The number of hydrogen-bond donors (Lipinski definition) is 2. The van der Waals surface area contributed by atoms with Crippen LogP contribution in [-0.4, -0.2) is 68.5 Å². The fraction of sp³-hybridized carbons (Fsp3) is 0.481. The molecule has 2 aliphatic rings. The number of nitrogens with one attached hydrogen (secondary N) is 1. The molecule has 0 bridgehead atoms. The number of methoxy groups -OCH3 is 2. The number of carbonyl (C=O) groups is 2. The minimum Gasteiger partial charge on any atom is -0.493 e. The molecule has 226 valence electrons. The number of carboxylic acids is 1. The molecule has 0 aromatic heterocycles. The van der Waals surface area contributed by atoms with Crippen molar-refractivity contribution in [3.05, 3.63) is 58.9 Å². The van der Waals surface area contributed by atoms with E-state index in [0.29, 0.717) is 30.4 Å².